The zero-order valence-electron chi connectivity index (χ0n) is 11.8. The Morgan fingerprint density at radius 1 is 1.20 bits per heavy atom. The molecule has 2 aromatic carbocycles. The van der Waals surface area contributed by atoms with Crippen molar-refractivity contribution in [3.8, 4) is 5.75 Å². The van der Waals surface area contributed by atoms with Crippen LogP contribution in [0.5, 0.6) is 5.75 Å². The lowest BCUT2D eigenvalue weighted by Crippen LogP contribution is -2.27. The van der Waals surface area contributed by atoms with Crippen LogP contribution in [0.25, 0.3) is 10.8 Å². The highest BCUT2D eigenvalue weighted by Gasteiger charge is 2.28. The van der Waals surface area contributed by atoms with Crippen LogP contribution in [0.1, 0.15) is 18.4 Å². The fourth-order valence-corrected chi connectivity index (χ4v) is 2.52. The molecule has 1 aliphatic rings. The summed E-state index contributed by atoms with van der Waals surface area (Å²) in [6.07, 6.45) is 2.18. The van der Waals surface area contributed by atoms with Gasteiger partial charge < -0.3 is 15.2 Å². The topological polar surface area (TPSA) is 41.5 Å². The van der Waals surface area contributed by atoms with Crippen LogP contribution in [-0.2, 0) is 6.54 Å². The van der Waals surface area contributed by atoms with Gasteiger partial charge >= 0.3 is 0 Å². The monoisotopic (exact) mass is 271 g/mol. The molecular formula is C17H21NO2. The number of aliphatic hydroxyl groups excluding tert-OH is 1. The van der Waals surface area contributed by atoms with Crippen LogP contribution >= 0.6 is 0 Å². The van der Waals surface area contributed by atoms with Crippen LogP contribution in [0.4, 0.5) is 0 Å². The first-order valence-corrected chi connectivity index (χ1v) is 7.22. The van der Waals surface area contributed by atoms with E-state index in [1.807, 2.05) is 12.1 Å². The van der Waals surface area contributed by atoms with E-state index < -0.39 is 0 Å². The van der Waals surface area contributed by atoms with Crippen LogP contribution in [0.15, 0.2) is 36.4 Å². The molecule has 3 rings (SSSR count). The van der Waals surface area contributed by atoms with Crippen molar-refractivity contribution in [1.29, 1.82) is 0 Å². The van der Waals surface area contributed by atoms with Crippen molar-refractivity contribution < 1.29 is 9.84 Å². The lowest BCUT2D eigenvalue weighted by molar-refractivity contribution is 0.148. The molecule has 0 bridgehead atoms. The first-order valence-electron chi connectivity index (χ1n) is 7.22. The van der Waals surface area contributed by atoms with Crippen LogP contribution in [0.3, 0.4) is 0 Å². The second-order valence-corrected chi connectivity index (χ2v) is 5.58. The lowest BCUT2D eigenvalue weighted by atomic mass is 10.1. The minimum atomic E-state index is -0.181. The second kappa shape index (κ2) is 5.81. The van der Waals surface area contributed by atoms with Gasteiger partial charge in [0.2, 0.25) is 0 Å². The van der Waals surface area contributed by atoms with Crippen LogP contribution < -0.4 is 10.1 Å². The SMILES string of the molecule is COc1ccc2cc(CNCC(O)C3CC3)ccc2c1. The molecule has 3 nitrogen and oxygen atoms in total. The van der Waals surface area contributed by atoms with Gasteiger partial charge in [0.15, 0.2) is 0 Å². The summed E-state index contributed by atoms with van der Waals surface area (Å²) in [5, 5.41) is 15.6. The van der Waals surface area contributed by atoms with Gasteiger partial charge in [-0.2, -0.15) is 0 Å². The normalized spacial score (nSPS) is 16.3. The second-order valence-electron chi connectivity index (χ2n) is 5.58. The maximum Gasteiger partial charge on any atom is 0.119 e. The predicted molar refractivity (Wildman–Crippen MR) is 80.9 cm³/mol. The minimum Gasteiger partial charge on any atom is -0.497 e. The third-order valence-electron chi connectivity index (χ3n) is 3.96. The first kappa shape index (κ1) is 13.4. The molecule has 1 unspecified atom stereocenters. The molecule has 2 aromatic rings. The molecular weight excluding hydrogens is 250 g/mol. The first-order chi connectivity index (χ1) is 9.76. The Hall–Kier alpha value is -1.58. The number of aliphatic hydroxyl groups is 1. The van der Waals surface area contributed by atoms with Crippen LogP contribution in [0.2, 0.25) is 0 Å². The van der Waals surface area contributed by atoms with Gasteiger partial charge in [0.25, 0.3) is 0 Å². The highest BCUT2D eigenvalue weighted by Crippen LogP contribution is 2.32. The molecule has 0 aliphatic heterocycles. The van der Waals surface area contributed by atoms with Crippen molar-refractivity contribution >= 4 is 10.8 Å². The Bertz CT molecular complexity index is 593. The number of fused-ring (bicyclic) bond motifs is 1. The van der Waals surface area contributed by atoms with Crippen molar-refractivity contribution in [2.24, 2.45) is 5.92 Å². The summed E-state index contributed by atoms with van der Waals surface area (Å²) in [6.45, 7) is 1.48. The highest BCUT2D eigenvalue weighted by molar-refractivity contribution is 5.84. The van der Waals surface area contributed by atoms with E-state index in [1.54, 1.807) is 7.11 Å². The zero-order chi connectivity index (χ0) is 13.9. The van der Waals surface area contributed by atoms with Gasteiger partial charge in [-0.25, -0.2) is 0 Å². The van der Waals surface area contributed by atoms with Crippen LogP contribution in [-0.4, -0.2) is 24.9 Å². The van der Waals surface area contributed by atoms with Gasteiger partial charge in [-0.05, 0) is 53.3 Å². The van der Waals surface area contributed by atoms with E-state index in [4.69, 9.17) is 4.74 Å². The molecule has 0 radical (unpaired) electrons. The summed E-state index contributed by atoms with van der Waals surface area (Å²) in [5.74, 6) is 1.42. The van der Waals surface area contributed by atoms with Crippen molar-refractivity contribution in [2.45, 2.75) is 25.5 Å². The Labute approximate surface area is 119 Å². The molecule has 1 atom stereocenters. The highest BCUT2D eigenvalue weighted by atomic mass is 16.5. The van der Waals surface area contributed by atoms with Gasteiger partial charge in [0, 0.05) is 13.1 Å². The quantitative estimate of drug-likeness (QED) is 0.849. The molecule has 3 heteroatoms. The maximum absolute atomic E-state index is 9.82. The number of nitrogens with one attached hydrogen (secondary N) is 1. The molecule has 1 fully saturated rings. The molecule has 0 aromatic heterocycles. The van der Waals surface area contributed by atoms with Gasteiger partial charge in [-0.1, -0.05) is 18.2 Å². The Kier molecular flexibility index (Phi) is 3.90. The van der Waals surface area contributed by atoms with Crippen molar-refractivity contribution in [3.05, 3.63) is 42.0 Å². The summed E-state index contributed by atoms with van der Waals surface area (Å²) in [6, 6.07) is 12.5. The number of hydrogen-bond donors (Lipinski definition) is 2. The van der Waals surface area contributed by atoms with E-state index in [0.29, 0.717) is 12.5 Å². The smallest absolute Gasteiger partial charge is 0.119 e. The van der Waals surface area contributed by atoms with Crippen LogP contribution in [0, 0.1) is 5.92 Å². The average Bonchev–Trinajstić information content (AvgIpc) is 3.31. The molecule has 0 amide bonds. The molecule has 0 spiro atoms. The summed E-state index contributed by atoms with van der Waals surface area (Å²) in [5.41, 5.74) is 1.24. The summed E-state index contributed by atoms with van der Waals surface area (Å²) < 4.78 is 5.23. The molecule has 20 heavy (non-hydrogen) atoms. The van der Waals surface area contributed by atoms with E-state index in [-0.39, 0.29) is 6.10 Å². The van der Waals surface area contributed by atoms with Gasteiger partial charge in [0.05, 0.1) is 13.2 Å². The molecule has 0 heterocycles. The summed E-state index contributed by atoms with van der Waals surface area (Å²) in [4.78, 5) is 0. The molecule has 2 N–H and O–H groups in total. The molecule has 106 valence electrons. The van der Waals surface area contributed by atoms with Gasteiger partial charge in [-0.15, -0.1) is 0 Å². The third-order valence-corrected chi connectivity index (χ3v) is 3.96. The predicted octanol–water partition coefficient (Wildman–Crippen LogP) is 2.71. The Morgan fingerprint density at radius 3 is 2.70 bits per heavy atom. The number of ether oxygens (including phenoxy) is 1. The lowest BCUT2D eigenvalue weighted by Gasteiger charge is -2.11. The standard InChI is InChI=1S/C17H21NO2/c1-20-16-7-6-14-8-12(2-3-15(14)9-16)10-18-11-17(19)13-4-5-13/h2-3,6-9,13,17-19H,4-5,10-11H2,1H3. The third kappa shape index (κ3) is 3.11. The zero-order valence-corrected chi connectivity index (χ0v) is 11.8. The number of hydrogen-bond acceptors (Lipinski definition) is 3. The van der Waals surface area contributed by atoms with Crippen molar-refractivity contribution in [1.82, 2.24) is 5.32 Å². The molecule has 1 saturated carbocycles. The summed E-state index contributed by atoms with van der Waals surface area (Å²) >= 11 is 0. The Balaban J connectivity index is 1.63. The van der Waals surface area contributed by atoms with E-state index in [2.05, 4.69) is 29.6 Å². The van der Waals surface area contributed by atoms with E-state index >= 15 is 0 Å². The van der Waals surface area contributed by atoms with E-state index in [1.165, 1.54) is 29.2 Å². The minimum absolute atomic E-state index is 0.181. The summed E-state index contributed by atoms with van der Waals surface area (Å²) in [7, 11) is 1.69. The fraction of sp³-hybridized carbons (Fsp3) is 0.412. The number of rotatable bonds is 6. The average molecular weight is 271 g/mol. The maximum atomic E-state index is 9.82. The number of methoxy groups -OCH3 is 1. The Morgan fingerprint density at radius 2 is 1.95 bits per heavy atom. The van der Waals surface area contributed by atoms with E-state index in [9.17, 15) is 5.11 Å². The molecule has 0 saturated heterocycles. The van der Waals surface area contributed by atoms with Gasteiger partial charge in [-0.3, -0.25) is 0 Å². The largest absolute Gasteiger partial charge is 0.497 e. The van der Waals surface area contributed by atoms with Crippen molar-refractivity contribution in [2.75, 3.05) is 13.7 Å². The van der Waals surface area contributed by atoms with Gasteiger partial charge in [0.1, 0.15) is 5.75 Å². The fourth-order valence-electron chi connectivity index (χ4n) is 2.52. The molecule has 1 aliphatic carbocycles. The number of benzene rings is 2. The van der Waals surface area contributed by atoms with Crippen molar-refractivity contribution in [3.63, 3.8) is 0 Å². The van der Waals surface area contributed by atoms with E-state index in [0.717, 1.165) is 12.3 Å².